The van der Waals surface area contributed by atoms with E-state index in [0.29, 0.717) is 11.5 Å². The number of piperidine rings is 1. The van der Waals surface area contributed by atoms with Gasteiger partial charge in [0.15, 0.2) is 0 Å². The molecule has 1 amide bonds. The minimum Gasteiger partial charge on any atom is -0.339 e. The zero-order valence-corrected chi connectivity index (χ0v) is 14.8. The number of nitrogens with zero attached hydrogens (tertiary/aromatic N) is 3. The first-order valence-electron chi connectivity index (χ1n) is 8.84. The molecule has 6 heteroatoms. The van der Waals surface area contributed by atoms with Gasteiger partial charge in [0.25, 0.3) is 5.91 Å². The van der Waals surface area contributed by atoms with Gasteiger partial charge in [0.05, 0.1) is 23.1 Å². The number of amides is 1. The monoisotopic (exact) mass is 344 g/mol. The molecule has 0 saturated carbocycles. The smallest absolute Gasteiger partial charge is 0.257 e. The predicted octanol–water partition coefficient (Wildman–Crippen LogP) is 2.78. The van der Waals surface area contributed by atoms with Gasteiger partial charge in [-0.3, -0.25) is 4.79 Å². The maximum atomic E-state index is 13.1. The summed E-state index contributed by atoms with van der Waals surface area (Å²) >= 11 is 0. The Balaban J connectivity index is 1.68. The minimum absolute atomic E-state index is 0.0397. The Morgan fingerprint density at radius 1 is 1.28 bits per heavy atom. The molecule has 1 saturated heterocycles. The van der Waals surface area contributed by atoms with Gasteiger partial charge >= 0.3 is 0 Å². The SMILES string of the molecule is CNCCC1CCN(C(=O)c2cnn(-c3ccc(F)cc3)c2C)CC1. The first kappa shape index (κ1) is 17.6. The molecule has 3 rings (SSSR count). The van der Waals surface area contributed by atoms with E-state index in [1.165, 1.54) is 18.6 Å². The molecule has 25 heavy (non-hydrogen) atoms. The molecule has 2 aromatic rings. The van der Waals surface area contributed by atoms with E-state index in [0.717, 1.165) is 43.9 Å². The van der Waals surface area contributed by atoms with Crippen molar-refractivity contribution < 1.29 is 9.18 Å². The van der Waals surface area contributed by atoms with Crippen LogP contribution >= 0.6 is 0 Å². The largest absolute Gasteiger partial charge is 0.339 e. The van der Waals surface area contributed by atoms with Crippen LogP contribution in [0.15, 0.2) is 30.5 Å². The summed E-state index contributed by atoms with van der Waals surface area (Å²) in [5.74, 6) is 0.448. The molecule has 2 heterocycles. The maximum Gasteiger partial charge on any atom is 0.257 e. The maximum absolute atomic E-state index is 13.1. The fraction of sp³-hybridized carbons (Fsp3) is 0.474. The number of rotatable bonds is 5. The first-order valence-corrected chi connectivity index (χ1v) is 8.84. The normalized spacial score (nSPS) is 15.6. The fourth-order valence-corrected chi connectivity index (χ4v) is 3.41. The van der Waals surface area contributed by atoms with Crippen molar-refractivity contribution in [3.8, 4) is 5.69 Å². The van der Waals surface area contributed by atoms with Gasteiger partial charge in [-0.2, -0.15) is 5.10 Å². The third kappa shape index (κ3) is 3.90. The van der Waals surface area contributed by atoms with Crippen LogP contribution in [-0.4, -0.2) is 47.3 Å². The predicted molar refractivity (Wildman–Crippen MR) is 95.4 cm³/mol. The Morgan fingerprint density at radius 2 is 1.96 bits per heavy atom. The second kappa shape index (κ2) is 7.78. The van der Waals surface area contributed by atoms with Crippen LogP contribution in [0.1, 0.15) is 35.3 Å². The van der Waals surface area contributed by atoms with Gasteiger partial charge in [0, 0.05) is 13.1 Å². The van der Waals surface area contributed by atoms with Crippen molar-refractivity contribution in [2.75, 3.05) is 26.7 Å². The molecular weight excluding hydrogens is 319 g/mol. The summed E-state index contributed by atoms with van der Waals surface area (Å²) in [4.78, 5) is 14.8. The molecular formula is C19H25FN4O. The highest BCUT2D eigenvalue weighted by Gasteiger charge is 2.25. The van der Waals surface area contributed by atoms with Gasteiger partial charge in [-0.1, -0.05) is 0 Å². The molecule has 1 aliphatic rings. The molecule has 134 valence electrons. The van der Waals surface area contributed by atoms with Crippen LogP contribution in [0.3, 0.4) is 0 Å². The molecule has 0 atom stereocenters. The molecule has 1 aliphatic heterocycles. The Kier molecular flexibility index (Phi) is 5.48. The van der Waals surface area contributed by atoms with Gasteiger partial charge in [-0.15, -0.1) is 0 Å². The summed E-state index contributed by atoms with van der Waals surface area (Å²) in [6, 6.07) is 6.12. The number of likely N-dealkylation sites (tertiary alicyclic amines) is 1. The molecule has 0 spiro atoms. The molecule has 0 radical (unpaired) electrons. The standard InChI is InChI=1S/C19H25FN4O/c1-14-18(13-22-24(14)17-5-3-16(20)4-6-17)19(25)23-11-8-15(9-12-23)7-10-21-2/h3-6,13,15,21H,7-12H2,1-2H3. The Labute approximate surface area is 147 Å². The molecule has 0 aliphatic carbocycles. The second-order valence-electron chi connectivity index (χ2n) is 6.66. The van der Waals surface area contributed by atoms with E-state index in [4.69, 9.17) is 0 Å². The zero-order valence-electron chi connectivity index (χ0n) is 14.8. The molecule has 1 aromatic carbocycles. The molecule has 1 N–H and O–H groups in total. The summed E-state index contributed by atoms with van der Waals surface area (Å²) in [7, 11) is 1.97. The van der Waals surface area contributed by atoms with Gasteiger partial charge in [-0.25, -0.2) is 9.07 Å². The van der Waals surface area contributed by atoms with Crippen LogP contribution in [0.2, 0.25) is 0 Å². The number of carbonyl (C=O) groups is 1. The number of nitrogens with one attached hydrogen (secondary N) is 1. The van der Waals surface area contributed by atoms with Gasteiger partial charge in [0.2, 0.25) is 0 Å². The lowest BCUT2D eigenvalue weighted by Crippen LogP contribution is -2.39. The fourth-order valence-electron chi connectivity index (χ4n) is 3.41. The van der Waals surface area contributed by atoms with Crippen molar-refractivity contribution in [1.29, 1.82) is 0 Å². The van der Waals surface area contributed by atoms with Crippen LogP contribution in [0, 0.1) is 18.7 Å². The molecule has 0 bridgehead atoms. The minimum atomic E-state index is -0.286. The van der Waals surface area contributed by atoms with E-state index in [9.17, 15) is 9.18 Å². The second-order valence-corrected chi connectivity index (χ2v) is 6.66. The number of hydrogen-bond acceptors (Lipinski definition) is 3. The van der Waals surface area contributed by atoms with Crippen molar-refractivity contribution >= 4 is 5.91 Å². The lowest BCUT2D eigenvalue weighted by Gasteiger charge is -2.32. The van der Waals surface area contributed by atoms with E-state index < -0.39 is 0 Å². The third-order valence-corrected chi connectivity index (χ3v) is 5.02. The number of halogens is 1. The van der Waals surface area contributed by atoms with Crippen LogP contribution < -0.4 is 5.32 Å². The van der Waals surface area contributed by atoms with Crippen LogP contribution in [0.25, 0.3) is 5.69 Å². The van der Waals surface area contributed by atoms with E-state index >= 15 is 0 Å². The number of carbonyl (C=O) groups excluding carboxylic acids is 1. The Morgan fingerprint density at radius 3 is 2.60 bits per heavy atom. The topological polar surface area (TPSA) is 50.2 Å². The molecule has 1 aromatic heterocycles. The van der Waals surface area contributed by atoms with Crippen molar-refractivity contribution in [1.82, 2.24) is 20.0 Å². The Hall–Kier alpha value is -2.21. The summed E-state index contributed by atoms with van der Waals surface area (Å²) in [5, 5.41) is 7.51. The summed E-state index contributed by atoms with van der Waals surface area (Å²) in [5.41, 5.74) is 2.16. The number of aromatic nitrogens is 2. The molecule has 1 fully saturated rings. The van der Waals surface area contributed by atoms with Crippen molar-refractivity contribution in [2.24, 2.45) is 5.92 Å². The quantitative estimate of drug-likeness (QED) is 0.907. The summed E-state index contributed by atoms with van der Waals surface area (Å²) < 4.78 is 14.8. The van der Waals surface area contributed by atoms with Crippen LogP contribution in [0.5, 0.6) is 0 Å². The van der Waals surface area contributed by atoms with Gasteiger partial charge < -0.3 is 10.2 Å². The van der Waals surface area contributed by atoms with E-state index in [1.54, 1.807) is 23.0 Å². The van der Waals surface area contributed by atoms with Crippen molar-refractivity contribution in [2.45, 2.75) is 26.2 Å². The highest BCUT2D eigenvalue weighted by atomic mass is 19.1. The van der Waals surface area contributed by atoms with Crippen LogP contribution in [-0.2, 0) is 0 Å². The van der Waals surface area contributed by atoms with Gasteiger partial charge in [0.1, 0.15) is 5.82 Å². The summed E-state index contributed by atoms with van der Waals surface area (Å²) in [6.45, 7) is 4.51. The van der Waals surface area contributed by atoms with Crippen molar-refractivity contribution in [3.63, 3.8) is 0 Å². The number of hydrogen-bond donors (Lipinski definition) is 1. The molecule has 5 nitrogen and oxygen atoms in total. The van der Waals surface area contributed by atoms with Crippen molar-refractivity contribution in [3.05, 3.63) is 47.5 Å². The first-order chi connectivity index (χ1) is 12.1. The van der Waals surface area contributed by atoms with E-state index in [1.807, 2.05) is 18.9 Å². The highest BCUT2D eigenvalue weighted by Crippen LogP contribution is 2.23. The number of benzene rings is 1. The molecule has 0 unspecified atom stereocenters. The van der Waals surface area contributed by atoms with Gasteiger partial charge in [-0.05, 0) is 70.0 Å². The lowest BCUT2D eigenvalue weighted by molar-refractivity contribution is 0.0686. The Bertz CT molecular complexity index is 718. The van der Waals surface area contributed by atoms with Crippen LogP contribution in [0.4, 0.5) is 4.39 Å². The van der Waals surface area contributed by atoms with E-state index in [-0.39, 0.29) is 11.7 Å². The average Bonchev–Trinajstić information content (AvgIpc) is 3.02. The third-order valence-electron chi connectivity index (χ3n) is 5.02. The highest BCUT2D eigenvalue weighted by molar-refractivity contribution is 5.95. The summed E-state index contributed by atoms with van der Waals surface area (Å²) in [6.07, 6.45) is 4.89. The van der Waals surface area contributed by atoms with E-state index in [2.05, 4.69) is 10.4 Å². The average molecular weight is 344 g/mol. The zero-order chi connectivity index (χ0) is 17.8. The lowest BCUT2D eigenvalue weighted by atomic mass is 9.93.